The molecule has 6 heteroatoms. The maximum Gasteiger partial charge on any atom is 0.223 e. The van der Waals surface area contributed by atoms with Crippen LogP contribution in [-0.4, -0.2) is 28.8 Å². The van der Waals surface area contributed by atoms with Gasteiger partial charge in [0.1, 0.15) is 5.82 Å². The van der Waals surface area contributed by atoms with Crippen molar-refractivity contribution in [1.29, 1.82) is 0 Å². The fraction of sp³-hybridized carbons (Fsp3) is 0.636. The molecule has 0 unspecified atom stereocenters. The fourth-order valence-corrected chi connectivity index (χ4v) is 2.04. The highest BCUT2D eigenvalue weighted by atomic mass is 16.5. The number of nitrogens with two attached hydrogens (primary N) is 1. The van der Waals surface area contributed by atoms with Gasteiger partial charge in [0.05, 0.1) is 18.2 Å². The van der Waals surface area contributed by atoms with E-state index in [-0.39, 0.29) is 11.5 Å². The molecule has 1 amide bonds. The Morgan fingerprint density at radius 3 is 2.94 bits per heavy atom. The number of ether oxygens (including phenoxy) is 1. The first-order valence-electron chi connectivity index (χ1n) is 5.75. The number of amides is 1. The van der Waals surface area contributed by atoms with Crippen LogP contribution in [0.1, 0.15) is 31.2 Å². The van der Waals surface area contributed by atoms with Crippen LogP contribution in [0.25, 0.3) is 0 Å². The van der Waals surface area contributed by atoms with Crippen LogP contribution >= 0.6 is 0 Å². The third-order valence-electron chi connectivity index (χ3n) is 3.41. The van der Waals surface area contributed by atoms with Crippen molar-refractivity contribution < 1.29 is 9.53 Å². The number of carbonyl (C=O) groups excluding carboxylic acids is 1. The maximum atomic E-state index is 11.8. The first-order chi connectivity index (χ1) is 8.15. The second-order valence-electron chi connectivity index (χ2n) is 4.50. The van der Waals surface area contributed by atoms with E-state index in [0.717, 1.165) is 24.8 Å². The molecule has 1 saturated carbocycles. The largest absolute Gasteiger partial charge is 0.384 e. The van der Waals surface area contributed by atoms with E-state index in [1.165, 1.54) is 0 Å². The minimum absolute atomic E-state index is 0.00727. The number of aromatic nitrogens is 2. The van der Waals surface area contributed by atoms with Gasteiger partial charge in [0.15, 0.2) is 0 Å². The number of nitrogens with zero attached hydrogens (tertiary/aromatic N) is 1. The average molecular weight is 238 g/mol. The molecule has 1 aromatic heterocycles. The number of hydrogen-bond acceptors (Lipinski definition) is 4. The molecule has 17 heavy (non-hydrogen) atoms. The first kappa shape index (κ1) is 11.9. The Balaban J connectivity index is 1.80. The van der Waals surface area contributed by atoms with E-state index >= 15 is 0 Å². The summed E-state index contributed by atoms with van der Waals surface area (Å²) in [7, 11) is 1.67. The van der Waals surface area contributed by atoms with Crippen LogP contribution < -0.4 is 11.1 Å². The monoisotopic (exact) mass is 238 g/mol. The molecule has 0 saturated heterocycles. The minimum Gasteiger partial charge on any atom is -0.384 e. The van der Waals surface area contributed by atoms with E-state index in [9.17, 15) is 4.79 Å². The van der Waals surface area contributed by atoms with E-state index in [0.29, 0.717) is 18.8 Å². The van der Waals surface area contributed by atoms with Crippen molar-refractivity contribution in [2.45, 2.75) is 37.8 Å². The van der Waals surface area contributed by atoms with Crippen molar-refractivity contribution in [1.82, 2.24) is 15.5 Å². The van der Waals surface area contributed by atoms with Crippen LogP contribution in [0.3, 0.4) is 0 Å². The zero-order valence-electron chi connectivity index (χ0n) is 9.95. The highest BCUT2D eigenvalue weighted by Gasteiger charge is 2.38. The Labute approximate surface area is 99.9 Å². The molecule has 0 aliphatic heterocycles. The number of hydrogen-bond donors (Lipinski definition) is 3. The highest BCUT2D eigenvalue weighted by molar-refractivity contribution is 5.77. The molecule has 2 rings (SSSR count). The summed E-state index contributed by atoms with van der Waals surface area (Å²) in [6.45, 7) is 0.404. The zero-order valence-corrected chi connectivity index (χ0v) is 9.95. The molecule has 1 aliphatic rings. The van der Waals surface area contributed by atoms with Crippen molar-refractivity contribution >= 4 is 11.7 Å². The summed E-state index contributed by atoms with van der Waals surface area (Å²) in [5, 5.41) is 9.24. The van der Waals surface area contributed by atoms with Crippen LogP contribution in [0, 0.1) is 0 Å². The topological polar surface area (TPSA) is 93.0 Å². The Hall–Kier alpha value is -1.56. The second kappa shape index (κ2) is 4.75. The summed E-state index contributed by atoms with van der Waals surface area (Å²) in [6, 6.07) is 0. The van der Waals surface area contributed by atoms with Gasteiger partial charge in [-0.15, -0.1) is 0 Å². The molecule has 1 aliphatic carbocycles. The molecular weight excluding hydrogens is 220 g/mol. The van der Waals surface area contributed by atoms with Crippen molar-refractivity contribution in [3.63, 3.8) is 0 Å². The number of nitrogen functional groups attached to an aromatic ring is 1. The van der Waals surface area contributed by atoms with E-state index in [2.05, 4.69) is 15.5 Å². The number of aromatic amines is 1. The van der Waals surface area contributed by atoms with E-state index in [1.54, 1.807) is 13.3 Å². The lowest BCUT2D eigenvalue weighted by molar-refractivity contribution is -0.134. The fourth-order valence-electron chi connectivity index (χ4n) is 2.04. The van der Waals surface area contributed by atoms with Gasteiger partial charge in [-0.25, -0.2) is 0 Å². The third-order valence-corrected chi connectivity index (χ3v) is 3.41. The normalized spacial score (nSPS) is 17.5. The molecule has 0 atom stereocenters. The molecule has 0 radical (unpaired) electrons. The molecule has 1 aromatic rings. The van der Waals surface area contributed by atoms with Crippen LogP contribution in [0.5, 0.6) is 0 Å². The quantitative estimate of drug-likeness (QED) is 0.699. The highest BCUT2D eigenvalue weighted by Crippen LogP contribution is 2.37. The molecule has 1 heterocycles. The van der Waals surface area contributed by atoms with Gasteiger partial charge in [-0.2, -0.15) is 5.10 Å². The summed E-state index contributed by atoms with van der Waals surface area (Å²) in [5.74, 6) is 0.488. The molecule has 0 aromatic carbocycles. The molecule has 94 valence electrons. The number of anilines is 1. The molecule has 4 N–H and O–H groups in total. The van der Waals surface area contributed by atoms with Gasteiger partial charge in [-0.3, -0.25) is 9.89 Å². The van der Waals surface area contributed by atoms with Gasteiger partial charge in [0.2, 0.25) is 5.91 Å². The Bertz CT molecular complexity index is 392. The number of H-pyrrole nitrogens is 1. The summed E-state index contributed by atoms with van der Waals surface area (Å²) < 4.78 is 5.40. The molecule has 0 spiro atoms. The number of rotatable bonds is 5. The summed E-state index contributed by atoms with van der Waals surface area (Å²) in [6.07, 6.45) is 5.09. The molecule has 1 fully saturated rings. The molecular formula is C11H18N4O2. The Morgan fingerprint density at radius 2 is 2.47 bits per heavy atom. The van der Waals surface area contributed by atoms with Crippen molar-refractivity contribution in [3.8, 4) is 0 Å². The van der Waals surface area contributed by atoms with Gasteiger partial charge in [-0.05, 0) is 19.3 Å². The van der Waals surface area contributed by atoms with E-state index in [4.69, 9.17) is 10.5 Å². The van der Waals surface area contributed by atoms with Crippen molar-refractivity contribution in [2.24, 2.45) is 0 Å². The van der Waals surface area contributed by atoms with E-state index < -0.39 is 0 Å². The number of carbonyl (C=O) groups is 1. The van der Waals surface area contributed by atoms with Crippen LogP contribution in [-0.2, 0) is 16.1 Å². The predicted octanol–water partition coefficient (Wildman–Crippen LogP) is 0.567. The minimum atomic E-state index is -0.230. The standard InChI is InChI=1S/C11H18N4O2/c1-17-11(3-2-4-11)5-9(16)13-6-8-7-14-15-10(8)12/h7H,2-6H2,1H3,(H,13,16)(H3,12,14,15). The summed E-state index contributed by atoms with van der Waals surface area (Å²) in [5.41, 5.74) is 6.20. The molecule has 6 nitrogen and oxygen atoms in total. The second-order valence-corrected chi connectivity index (χ2v) is 4.50. The van der Waals surface area contributed by atoms with Gasteiger partial charge < -0.3 is 15.8 Å². The SMILES string of the molecule is COC1(CC(=O)NCc2cn[nH]c2N)CCC1. The maximum absolute atomic E-state index is 11.8. The lowest BCUT2D eigenvalue weighted by atomic mass is 9.77. The van der Waals surface area contributed by atoms with E-state index in [1.807, 2.05) is 0 Å². The van der Waals surface area contributed by atoms with Crippen molar-refractivity contribution in [2.75, 3.05) is 12.8 Å². The van der Waals surface area contributed by atoms with Crippen LogP contribution in [0.2, 0.25) is 0 Å². The number of nitrogens with one attached hydrogen (secondary N) is 2. The van der Waals surface area contributed by atoms with Crippen LogP contribution in [0.4, 0.5) is 5.82 Å². The average Bonchev–Trinajstić information content (AvgIpc) is 2.67. The number of methoxy groups -OCH3 is 1. The van der Waals surface area contributed by atoms with Gasteiger partial charge >= 0.3 is 0 Å². The van der Waals surface area contributed by atoms with Gasteiger partial charge in [-0.1, -0.05) is 0 Å². The first-order valence-corrected chi connectivity index (χ1v) is 5.75. The smallest absolute Gasteiger partial charge is 0.223 e. The Morgan fingerprint density at radius 1 is 1.71 bits per heavy atom. The van der Waals surface area contributed by atoms with Crippen molar-refractivity contribution in [3.05, 3.63) is 11.8 Å². The molecule has 0 bridgehead atoms. The lowest BCUT2D eigenvalue weighted by Crippen LogP contribution is -2.43. The summed E-state index contributed by atoms with van der Waals surface area (Å²) in [4.78, 5) is 11.8. The van der Waals surface area contributed by atoms with Crippen LogP contribution in [0.15, 0.2) is 6.20 Å². The Kier molecular flexibility index (Phi) is 3.33. The lowest BCUT2D eigenvalue weighted by Gasteiger charge is -2.39. The van der Waals surface area contributed by atoms with Gasteiger partial charge in [0.25, 0.3) is 0 Å². The third kappa shape index (κ3) is 2.58. The predicted molar refractivity (Wildman–Crippen MR) is 63.1 cm³/mol. The van der Waals surface area contributed by atoms with Gasteiger partial charge in [0, 0.05) is 19.2 Å². The zero-order chi connectivity index (χ0) is 12.3. The summed E-state index contributed by atoms with van der Waals surface area (Å²) >= 11 is 0.